The van der Waals surface area contributed by atoms with E-state index in [1.807, 2.05) is 24.4 Å². The summed E-state index contributed by atoms with van der Waals surface area (Å²) in [4.78, 5) is 11.5. The molecule has 4 nitrogen and oxygen atoms in total. The predicted octanol–water partition coefficient (Wildman–Crippen LogP) is 3.17. The van der Waals surface area contributed by atoms with Crippen molar-refractivity contribution in [2.75, 3.05) is 20.1 Å². The van der Waals surface area contributed by atoms with Crippen LogP contribution in [0.3, 0.4) is 0 Å². The highest BCUT2D eigenvalue weighted by Gasteiger charge is 2.18. The summed E-state index contributed by atoms with van der Waals surface area (Å²) in [6.45, 7) is 2.97. The van der Waals surface area contributed by atoms with E-state index in [0.29, 0.717) is 0 Å². The summed E-state index contributed by atoms with van der Waals surface area (Å²) in [6.07, 6.45) is 7.36. The molecule has 1 fully saturated rings. The van der Waals surface area contributed by atoms with Gasteiger partial charge < -0.3 is 10.2 Å². The molecule has 0 aliphatic heterocycles. The van der Waals surface area contributed by atoms with Gasteiger partial charge in [0.05, 0.1) is 11.4 Å². The van der Waals surface area contributed by atoms with Gasteiger partial charge in [0.25, 0.3) is 0 Å². The molecule has 1 saturated carbocycles. The van der Waals surface area contributed by atoms with Gasteiger partial charge in [0.1, 0.15) is 5.01 Å². The zero-order valence-electron chi connectivity index (χ0n) is 13.2. The Kier molecular flexibility index (Phi) is 5.53. The van der Waals surface area contributed by atoms with Crippen molar-refractivity contribution in [3.05, 3.63) is 35.5 Å². The number of thiazole rings is 1. The summed E-state index contributed by atoms with van der Waals surface area (Å²) in [5.41, 5.74) is 2.06. The third kappa shape index (κ3) is 4.12. The molecule has 1 aliphatic carbocycles. The first-order valence-corrected chi connectivity index (χ1v) is 8.97. The van der Waals surface area contributed by atoms with Crippen LogP contribution in [0.2, 0.25) is 0 Å². The van der Waals surface area contributed by atoms with Crippen molar-refractivity contribution in [2.45, 2.75) is 38.3 Å². The molecule has 1 aliphatic rings. The third-order valence-electron chi connectivity index (χ3n) is 4.33. The van der Waals surface area contributed by atoms with Crippen molar-refractivity contribution in [1.82, 2.24) is 20.2 Å². The molecule has 0 bridgehead atoms. The molecule has 5 heteroatoms. The number of pyridine rings is 1. The molecule has 0 unspecified atom stereocenters. The molecular weight excluding hydrogens is 292 g/mol. The van der Waals surface area contributed by atoms with E-state index >= 15 is 0 Å². The third-order valence-corrected chi connectivity index (χ3v) is 5.24. The largest absolute Gasteiger partial charge is 0.310 e. The fraction of sp³-hybridized carbons (Fsp3) is 0.529. The normalized spacial score (nSPS) is 15.7. The van der Waals surface area contributed by atoms with E-state index in [1.54, 1.807) is 11.3 Å². The molecule has 22 heavy (non-hydrogen) atoms. The smallest absolute Gasteiger partial charge is 0.142 e. The Morgan fingerprint density at radius 3 is 2.95 bits per heavy atom. The Morgan fingerprint density at radius 1 is 1.32 bits per heavy atom. The number of hydrogen-bond donors (Lipinski definition) is 1. The summed E-state index contributed by atoms with van der Waals surface area (Å²) >= 11 is 1.66. The van der Waals surface area contributed by atoms with Gasteiger partial charge in [0.2, 0.25) is 0 Å². The second-order valence-electron chi connectivity index (χ2n) is 5.95. The summed E-state index contributed by atoms with van der Waals surface area (Å²) < 4.78 is 0. The molecule has 0 atom stereocenters. The van der Waals surface area contributed by atoms with E-state index < -0.39 is 0 Å². The van der Waals surface area contributed by atoms with Gasteiger partial charge in [0.15, 0.2) is 0 Å². The van der Waals surface area contributed by atoms with Gasteiger partial charge in [0, 0.05) is 37.3 Å². The number of nitrogens with one attached hydrogen (secondary N) is 1. The lowest BCUT2D eigenvalue weighted by Crippen LogP contribution is -2.35. The minimum absolute atomic E-state index is 0.803. The molecule has 3 rings (SSSR count). The Balaban J connectivity index is 1.41. The lowest BCUT2D eigenvalue weighted by molar-refractivity contribution is 0.245. The number of aromatic nitrogens is 2. The average molecular weight is 316 g/mol. The zero-order chi connectivity index (χ0) is 15.2. The monoisotopic (exact) mass is 316 g/mol. The molecule has 1 N–H and O–H groups in total. The van der Waals surface area contributed by atoms with Gasteiger partial charge in [-0.15, -0.1) is 11.3 Å². The number of rotatable bonds is 7. The fourth-order valence-electron chi connectivity index (χ4n) is 2.99. The molecule has 2 heterocycles. The van der Waals surface area contributed by atoms with E-state index in [4.69, 9.17) is 0 Å². The minimum atomic E-state index is 0.803. The molecule has 2 aromatic heterocycles. The average Bonchev–Trinajstić information content (AvgIpc) is 3.24. The SMILES string of the molecule is CN(CCNCc1csc(-c2ccccn2)n1)C1CCCC1. The van der Waals surface area contributed by atoms with Gasteiger partial charge in [-0.3, -0.25) is 4.98 Å². The highest BCUT2D eigenvalue weighted by atomic mass is 32.1. The van der Waals surface area contributed by atoms with Crippen molar-refractivity contribution in [2.24, 2.45) is 0 Å². The number of hydrogen-bond acceptors (Lipinski definition) is 5. The van der Waals surface area contributed by atoms with Crippen LogP contribution in [-0.4, -0.2) is 41.0 Å². The van der Waals surface area contributed by atoms with Crippen LogP contribution in [0.25, 0.3) is 10.7 Å². The van der Waals surface area contributed by atoms with E-state index in [9.17, 15) is 0 Å². The molecule has 0 radical (unpaired) electrons. The summed E-state index contributed by atoms with van der Waals surface area (Å²) in [5, 5.41) is 6.63. The van der Waals surface area contributed by atoms with Crippen LogP contribution < -0.4 is 5.32 Å². The van der Waals surface area contributed by atoms with E-state index in [-0.39, 0.29) is 0 Å². The molecule has 0 amide bonds. The van der Waals surface area contributed by atoms with Crippen LogP contribution >= 0.6 is 11.3 Å². The Hall–Kier alpha value is -1.30. The second-order valence-corrected chi connectivity index (χ2v) is 6.81. The standard InChI is InChI=1S/C17H24N4S/c1-21(15-6-2-3-7-15)11-10-18-12-14-13-22-17(20-14)16-8-4-5-9-19-16/h4-5,8-9,13,15,18H,2-3,6-7,10-12H2,1H3. The van der Waals surface area contributed by atoms with E-state index in [0.717, 1.165) is 42.1 Å². The fourth-order valence-corrected chi connectivity index (χ4v) is 3.79. The van der Waals surface area contributed by atoms with Gasteiger partial charge in [-0.2, -0.15) is 0 Å². The van der Waals surface area contributed by atoms with Crippen LogP contribution in [0.15, 0.2) is 29.8 Å². The van der Waals surface area contributed by atoms with Gasteiger partial charge in [-0.05, 0) is 32.0 Å². The summed E-state index contributed by atoms with van der Waals surface area (Å²) in [5.74, 6) is 0. The topological polar surface area (TPSA) is 41.0 Å². The number of likely N-dealkylation sites (N-methyl/N-ethyl adjacent to an activating group) is 1. The Labute approximate surface area is 136 Å². The van der Waals surface area contributed by atoms with Crippen LogP contribution in [-0.2, 0) is 6.54 Å². The maximum Gasteiger partial charge on any atom is 0.142 e. The quantitative estimate of drug-likeness (QED) is 0.797. The predicted molar refractivity (Wildman–Crippen MR) is 91.9 cm³/mol. The first-order chi connectivity index (χ1) is 10.8. The highest BCUT2D eigenvalue weighted by molar-refractivity contribution is 7.13. The molecular formula is C17H24N4S. The van der Waals surface area contributed by atoms with E-state index in [1.165, 1.54) is 25.7 Å². The summed E-state index contributed by atoms with van der Waals surface area (Å²) in [7, 11) is 2.25. The number of nitrogens with zero attached hydrogens (tertiary/aromatic N) is 3. The molecule has 118 valence electrons. The maximum atomic E-state index is 4.65. The molecule has 2 aromatic rings. The minimum Gasteiger partial charge on any atom is -0.310 e. The Morgan fingerprint density at radius 2 is 2.18 bits per heavy atom. The van der Waals surface area contributed by atoms with Crippen molar-refractivity contribution >= 4 is 11.3 Å². The lowest BCUT2D eigenvalue weighted by atomic mass is 10.2. The van der Waals surface area contributed by atoms with Crippen LogP contribution in [0.4, 0.5) is 0 Å². The first kappa shape index (κ1) is 15.6. The van der Waals surface area contributed by atoms with Crippen LogP contribution in [0, 0.1) is 0 Å². The lowest BCUT2D eigenvalue weighted by Gasteiger charge is -2.23. The molecule has 0 aromatic carbocycles. The van der Waals surface area contributed by atoms with Crippen molar-refractivity contribution in [3.63, 3.8) is 0 Å². The Bertz CT molecular complexity index is 563. The van der Waals surface area contributed by atoms with Gasteiger partial charge in [-0.1, -0.05) is 18.9 Å². The van der Waals surface area contributed by atoms with E-state index in [2.05, 4.69) is 32.6 Å². The summed E-state index contributed by atoms with van der Waals surface area (Å²) in [6, 6.07) is 6.74. The van der Waals surface area contributed by atoms with Gasteiger partial charge in [-0.25, -0.2) is 4.98 Å². The highest BCUT2D eigenvalue weighted by Crippen LogP contribution is 2.22. The van der Waals surface area contributed by atoms with Crippen LogP contribution in [0.1, 0.15) is 31.4 Å². The van der Waals surface area contributed by atoms with Crippen molar-refractivity contribution < 1.29 is 0 Å². The maximum absolute atomic E-state index is 4.65. The van der Waals surface area contributed by atoms with Crippen LogP contribution in [0.5, 0.6) is 0 Å². The van der Waals surface area contributed by atoms with Crippen molar-refractivity contribution in [1.29, 1.82) is 0 Å². The molecule has 0 spiro atoms. The molecule has 0 saturated heterocycles. The van der Waals surface area contributed by atoms with Crippen molar-refractivity contribution in [3.8, 4) is 10.7 Å². The zero-order valence-corrected chi connectivity index (χ0v) is 14.0. The first-order valence-electron chi connectivity index (χ1n) is 8.09. The second kappa shape index (κ2) is 7.81. The van der Waals surface area contributed by atoms with Gasteiger partial charge >= 0.3 is 0 Å².